The Morgan fingerprint density at radius 1 is 1.53 bits per heavy atom. The number of aromatic hydroxyl groups is 1. The second-order valence-electron chi connectivity index (χ2n) is 2.75. The maximum absolute atomic E-state index is 10.4. The van der Waals surface area contributed by atoms with Gasteiger partial charge in [0.25, 0.3) is 0 Å². The molecule has 0 aromatic carbocycles. The van der Waals surface area contributed by atoms with Crippen molar-refractivity contribution in [2.24, 2.45) is 0 Å². The number of nitro groups is 1. The largest absolute Gasteiger partial charge is 0.501 e. The molecule has 0 aliphatic heterocycles. The minimum Gasteiger partial charge on any atom is -0.501 e. The number of aromatic nitrogens is 1. The molecule has 0 saturated heterocycles. The summed E-state index contributed by atoms with van der Waals surface area (Å²) < 4.78 is 0. The molecule has 0 saturated carbocycles. The van der Waals surface area contributed by atoms with Crippen molar-refractivity contribution in [3.05, 3.63) is 34.0 Å². The van der Waals surface area contributed by atoms with E-state index >= 15 is 0 Å². The van der Waals surface area contributed by atoms with Gasteiger partial charge in [-0.2, -0.15) is 0 Å². The first-order chi connectivity index (χ1) is 7.15. The number of nitrogens with zero attached hydrogens (tertiary/aromatic N) is 2. The SMILES string of the molecule is O=[N+]([O-])c1nc(C=CCCO)ccc1O. The molecular weight excluding hydrogens is 200 g/mol. The molecule has 0 bridgehead atoms. The topological polar surface area (TPSA) is 96.5 Å². The predicted molar refractivity (Wildman–Crippen MR) is 53.3 cm³/mol. The van der Waals surface area contributed by atoms with E-state index in [4.69, 9.17) is 10.2 Å². The lowest BCUT2D eigenvalue weighted by atomic mass is 10.3. The summed E-state index contributed by atoms with van der Waals surface area (Å²) in [6.07, 6.45) is 3.64. The highest BCUT2D eigenvalue weighted by Gasteiger charge is 2.15. The van der Waals surface area contributed by atoms with Crippen LogP contribution in [0.5, 0.6) is 5.75 Å². The fourth-order valence-electron chi connectivity index (χ4n) is 0.961. The Hall–Kier alpha value is -1.95. The minimum absolute atomic E-state index is 0.0106. The highest BCUT2D eigenvalue weighted by Crippen LogP contribution is 2.22. The third-order valence-corrected chi connectivity index (χ3v) is 1.63. The predicted octanol–water partition coefficient (Wildman–Crippen LogP) is 1.09. The molecule has 0 unspecified atom stereocenters. The van der Waals surface area contributed by atoms with Gasteiger partial charge in [0.15, 0.2) is 5.69 Å². The van der Waals surface area contributed by atoms with Crippen LogP contribution in [0.25, 0.3) is 6.08 Å². The van der Waals surface area contributed by atoms with E-state index in [0.29, 0.717) is 12.1 Å². The number of hydrogen-bond donors (Lipinski definition) is 2. The molecule has 2 N–H and O–H groups in total. The van der Waals surface area contributed by atoms with Crippen molar-refractivity contribution in [1.29, 1.82) is 0 Å². The molecule has 6 nitrogen and oxygen atoms in total. The van der Waals surface area contributed by atoms with Gasteiger partial charge >= 0.3 is 5.82 Å². The van der Waals surface area contributed by atoms with Crippen LogP contribution in [0.4, 0.5) is 5.82 Å². The first-order valence-electron chi connectivity index (χ1n) is 4.27. The van der Waals surface area contributed by atoms with E-state index in [1.165, 1.54) is 12.1 Å². The Morgan fingerprint density at radius 2 is 2.27 bits per heavy atom. The molecule has 0 radical (unpaired) electrons. The summed E-state index contributed by atoms with van der Waals surface area (Å²) in [5.41, 5.74) is 0.368. The zero-order chi connectivity index (χ0) is 11.3. The molecule has 1 rings (SSSR count). The molecule has 1 heterocycles. The molecule has 0 fully saturated rings. The summed E-state index contributed by atoms with van der Waals surface area (Å²) in [5.74, 6) is -1.03. The summed E-state index contributed by atoms with van der Waals surface area (Å²) in [7, 11) is 0. The van der Waals surface area contributed by atoms with Gasteiger partial charge in [-0.05, 0) is 34.5 Å². The third-order valence-electron chi connectivity index (χ3n) is 1.63. The van der Waals surface area contributed by atoms with Crippen LogP contribution >= 0.6 is 0 Å². The Morgan fingerprint density at radius 3 is 2.87 bits per heavy atom. The smallest absolute Gasteiger partial charge is 0.406 e. The Bertz CT molecular complexity index is 390. The first kappa shape index (κ1) is 11.1. The molecule has 15 heavy (non-hydrogen) atoms. The van der Waals surface area contributed by atoms with Crippen molar-refractivity contribution in [3.8, 4) is 5.75 Å². The minimum atomic E-state index is -0.751. The van der Waals surface area contributed by atoms with Gasteiger partial charge in [-0.3, -0.25) is 0 Å². The molecule has 80 valence electrons. The third kappa shape index (κ3) is 3.03. The lowest BCUT2D eigenvalue weighted by molar-refractivity contribution is -0.390. The van der Waals surface area contributed by atoms with Crippen LogP contribution in [0.15, 0.2) is 18.2 Å². The quantitative estimate of drug-likeness (QED) is 0.572. The number of rotatable bonds is 4. The lowest BCUT2D eigenvalue weighted by Gasteiger charge is -1.95. The van der Waals surface area contributed by atoms with Gasteiger partial charge in [0, 0.05) is 6.61 Å². The van der Waals surface area contributed by atoms with Crippen LogP contribution in [-0.4, -0.2) is 26.7 Å². The van der Waals surface area contributed by atoms with Crippen molar-refractivity contribution in [2.45, 2.75) is 6.42 Å². The van der Waals surface area contributed by atoms with Crippen molar-refractivity contribution in [2.75, 3.05) is 6.61 Å². The molecule has 0 aliphatic rings. The zero-order valence-electron chi connectivity index (χ0n) is 7.83. The molecule has 1 aromatic rings. The fraction of sp³-hybridized carbons (Fsp3) is 0.222. The van der Waals surface area contributed by atoms with E-state index in [1.54, 1.807) is 12.2 Å². The lowest BCUT2D eigenvalue weighted by Crippen LogP contribution is -1.93. The van der Waals surface area contributed by atoms with Gasteiger partial charge in [-0.1, -0.05) is 6.08 Å². The Kier molecular flexibility index (Phi) is 3.75. The molecule has 1 aromatic heterocycles. The second-order valence-corrected chi connectivity index (χ2v) is 2.75. The van der Waals surface area contributed by atoms with Crippen LogP contribution in [0, 0.1) is 10.1 Å². The maximum Gasteiger partial charge on any atom is 0.406 e. The number of aliphatic hydroxyl groups is 1. The van der Waals surface area contributed by atoms with Crippen molar-refractivity contribution >= 4 is 11.9 Å². The van der Waals surface area contributed by atoms with Crippen LogP contribution in [0.3, 0.4) is 0 Å². The van der Waals surface area contributed by atoms with E-state index in [-0.39, 0.29) is 6.61 Å². The van der Waals surface area contributed by atoms with Crippen molar-refractivity contribution in [1.82, 2.24) is 4.98 Å². The van der Waals surface area contributed by atoms with Crippen molar-refractivity contribution in [3.63, 3.8) is 0 Å². The van der Waals surface area contributed by atoms with Gasteiger partial charge in [0.1, 0.15) is 0 Å². The summed E-state index contributed by atoms with van der Waals surface area (Å²) >= 11 is 0. The van der Waals surface area contributed by atoms with E-state index in [2.05, 4.69) is 4.98 Å². The van der Waals surface area contributed by atoms with E-state index in [9.17, 15) is 10.1 Å². The summed E-state index contributed by atoms with van der Waals surface area (Å²) in [4.78, 5) is 13.3. The molecule has 0 aliphatic carbocycles. The van der Waals surface area contributed by atoms with E-state index in [1.807, 2.05) is 0 Å². The second kappa shape index (κ2) is 5.06. The Labute approximate surface area is 85.7 Å². The molecule has 0 atom stereocenters. The average Bonchev–Trinajstić information content (AvgIpc) is 2.20. The zero-order valence-corrected chi connectivity index (χ0v) is 7.83. The molecule has 6 heteroatoms. The average molecular weight is 210 g/mol. The van der Waals surface area contributed by atoms with Crippen LogP contribution in [-0.2, 0) is 0 Å². The maximum atomic E-state index is 10.4. The number of aliphatic hydroxyl groups excluding tert-OH is 1. The van der Waals surface area contributed by atoms with Gasteiger partial charge in [-0.15, -0.1) is 0 Å². The highest BCUT2D eigenvalue weighted by molar-refractivity contribution is 5.50. The van der Waals surface area contributed by atoms with Gasteiger partial charge in [-0.25, -0.2) is 0 Å². The standard InChI is InChI=1S/C9H10N2O4/c12-6-2-1-3-7-4-5-8(13)9(10-7)11(14)15/h1,3-5,12-13H,2,6H2. The number of pyridine rings is 1. The first-order valence-corrected chi connectivity index (χ1v) is 4.27. The molecule has 0 spiro atoms. The van der Waals surface area contributed by atoms with Gasteiger partial charge in [0.2, 0.25) is 5.75 Å². The molecular formula is C9H10N2O4. The summed E-state index contributed by atoms with van der Waals surface area (Å²) in [6, 6.07) is 2.67. The van der Waals surface area contributed by atoms with Crippen molar-refractivity contribution < 1.29 is 15.1 Å². The monoisotopic (exact) mass is 210 g/mol. The fourth-order valence-corrected chi connectivity index (χ4v) is 0.961. The Balaban J connectivity index is 2.92. The molecule has 0 amide bonds. The summed E-state index contributed by atoms with van der Waals surface area (Å²) in [6.45, 7) is 0.0106. The van der Waals surface area contributed by atoms with E-state index in [0.717, 1.165) is 0 Å². The normalized spacial score (nSPS) is 10.7. The van der Waals surface area contributed by atoms with Crippen LogP contribution < -0.4 is 0 Å². The highest BCUT2D eigenvalue weighted by atomic mass is 16.6. The van der Waals surface area contributed by atoms with Gasteiger partial charge in [0.05, 0.1) is 0 Å². The van der Waals surface area contributed by atoms with Gasteiger partial charge < -0.3 is 20.3 Å². The number of hydrogen-bond acceptors (Lipinski definition) is 5. The summed E-state index contributed by atoms with van der Waals surface area (Å²) in [5, 5.41) is 28.0. The van der Waals surface area contributed by atoms with E-state index < -0.39 is 16.5 Å². The van der Waals surface area contributed by atoms with Crippen LogP contribution in [0.1, 0.15) is 12.1 Å². The van der Waals surface area contributed by atoms with Crippen LogP contribution in [0.2, 0.25) is 0 Å².